The van der Waals surface area contributed by atoms with Crippen molar-refractivity contribution >= 4 is 11.4 Å². The van der Waals surface area contributed by atoms with Gasteiger partial charge < -0.3 is 20.3 Å². The number of halogens is 2. The molecule has 1 fully saturated rings. The Hall–Kier alpha value is -1.56. The summed E-state index contributed by atoms with van der Waals surface area (Å²) in [4.78, 5) is 4.43. The minimum atomic E-state index is -2.85. The van der Waals surface area contributed by atoms with Gasteiger partial charge in [-0.05, 0) is 25.2 Å². The number of nitrogens with two attached hydrogens (primary N) is 1. The second-order valence-corrected chi connectivity index (χ2v) is 4.39. The molecule has 0 amide bonds. The Morgan fingerprint density at radius 2 is 1.89 bits per heavy atom. The van der Waals surface area contributed by atoms with Crippen molar-refractivity contribution in [2.75, 3.05) is 43.9 Å². The van der Waals surface area contributed by atoms with Gasteiger partial charge in [-0.25, -0.2) is 0 Å². The van der Waals surface area contributed by atoms with Gasteiger partial charge in [0, 0.05) is 31.9 Å². The molecule has 0 bridgehead atoms. The van der Waals surface area contributed by atoms with Crippen LogP contribution in [0.2, 0.25) is 0 Å². The number of hydrogen-bond donors (Lipinski definition) is 1. The quantitative estimate of drug-likeness (QED) is 0.836. The molecule has 1 aromatic carbocycles. The third-order valence-electron chi connectivity index (χ3n) is 3.08. The summed E-state index contributed by atoms with van der Waals surface area (Å²) in [7, 11) is 2.07. The lowest BCUT2D eigenvalue weighted by Crippen LogP contribution is -2.44. The highest BCUT2D eigenvalue weighted by Crippen LogP contribution is 2.28. The largest absolute Gasteiger partial charge is 0.433 e. The monoisotopic (exact) mass is 257 g/mol. The first kappa shape index (κ1) is 12.9. The molecule has 0 unspecified atom stereocenters. The standard InChI is InChI=1S/C12H17F2N3O/c1-16-4-6-17(7-5-16)9-2-3-11(10(15)8-9)18-12(13)14/h2-3,8,12H,4-7,15H2,1H3. The van der Waals surface area contributed by atoms with Gasteiger partial charge in [0.25, 0.3) is 0 Å². The Labute approximate surface area is 105 Å². The van der Waals surface area contributed by atoms with Crippen molar-refractivity contribution in [1.29, 1.82) is 0 Å². The Morgan fingerprint density at radius 1 is 1.22 bits per heavy atom. The highest BCUT2D eigenvalue weighted by molar-refractivity contribution is 5.63. The molecule has 0 atom stereocenters. The number of hydrogen-bond acceptors (Lipinski definition) is 4. The van der Waals surface area contributed by atoms with Gasteiger partial charge in [0.15, 0.2) is 0 Å². The average Bonchev–Trinajstić information content (AvgIpc) is 2.32. The van der Waals surface area contributed by atoms with Crippen molar-refractivity contribution in [3.05, 3.63) is 18.2 Å². The van der Waals surface area contributed by atoms with Crippen molar-refractivity contribution < 1.29 is 13.5 Å². The normalized spacial score (nSPS) is 17.2. The Kier molecular flexibility index (Phi) is 3.86. The zero-order valence-corrected chi connectivity index (χ0v) is 10.3. The average molecular weight is 257 g/mol. The molecule has 1 heterocycles. The number of nitrogens with zero attached hydrogens (tertiary/aromatic N) is 2. The van der Waals surface area contributed by atoms with E-state index in [1.807, 2.05) is 0 Å². The van der Waals surface area contributed by atoms with E-state index in [1.165, 1.54) is 6.07 Å². The molecule has 100 valence electrons. The molecule has 2 rings (SSSR count). The van der Waals surface area contributed by atoms with Gasteiger partial charge in [0.2, 0.25) is 0 Å². The lowest BCUT2D eigenvalue weighted by molar-refractivity contribution is -0.0493. The van der Waals surface area contributed by atoms with E-state index in [1.54, 1.807) is 12.1 Å². The van der Waals surface area contributed by atoms with Crippen LogP contribution in [-0.4, -0.2) is 44.7 Å². The summed E-state index contributed by atoms with van der Waals surface area (Å²) >= 11 is 0. The Morgan fingerprint density at radius 3 is 2.44 bits per heavy atom. The Bertz CT molecular complexity index is 406. The first-order valence-corrected chi connectivity index (χ1v) is 5.84. The zero-order valence-electron chi connectivity index (χ0n) is 10.3. The van der Waals surface area contributed by atoms with Crippen LogP contribution in [0.25, 0.3) is 0 Å². The van der Waals surface area contributed by atoms with Crippen LogP contribution in [0.4, 0.5) is 20.2 Å². The van der Waals surface area contributed by atoms with Crippen LogP contribution in [0, 0.1) is 0 Å². The second-order valence-electron chi connectivity index (χ2n) is 4.39. The molecule has 0 spiro atoms. The van der Waals surface area contributed by atoms with Crippen LogP contribution < -0.4 is 15.4 Å². The first-order valence-electron chi connectivity index (χ1n) is 5.84. The van der Waals surface area contributed by atoms with Gasteiger partial charge in [0.05, 0.1) is 5.69 Å². The van der Waals surface area contributed by atoms with Crippen molar-refractivity contribution in [3.8, 4) is 5.75 Å². The molecular formula is C12H17F2N3O. The molecule has 1 aliphatic heterocycles. The van der Waals surface area contributed by atoms with Gasteiger partial charge >= 0.3 is 6.61 Å². The predicted molar refractivity (Wildman–Crippen MR) is 67.2 cm³/mol. The lowest BCUT2D eigenvalue weighted by atomic mass is 10.2. The summed E-state index contributed by atoms with van der Waals surface area (Å²) in [5.41, 5.74) is 6.90. The van der Waals surface area contributed by atoms with Gasteiger partial charge in [0.1, 0.15) is 5.75 Å². The summed E-state index contributed by atoms with van der Waals surface area (Å²) in [5.74, 6) is 0.0304. The van der Waals surface area contributed by atoms with Gasteiger partial charge in [-0.1, -0.05) is 0 Å². The molecule has 4 nitrogen and oxygen atoms in total. The number of alkyl halides is 2. The number of benzene rings is 1. The summed E-state index contributed by atoms with van der Waals surface area (Å²) in [6.45, 7) is 0.933. The number of likely N-dealkylation sites (N-methyl/N-ethyl adjacent to an activating group) is 1. The van der Waals surface area contributed by atoms with Crippen LogP contribution >= 0.6 is 0 Å². The first-order chi connectivity index (χ1) is 8.56. The van der Waals surface area contributed by atoms with Crippen LogP contribution in [0.15, 0.2) is 18.2 Å². The second kappa shape index (κ2) is 5.39. The molecule has 1 aromatic rings. The summed E-state index contributed by atoms with van der Waals surface area (Å²) in [6.07, 6.45) is 0. The molecule has 1 aliphatic rings. The van der Waals surface area contributed by atoms with Crippen molar-refractivity contribution in [2.24, 2.45) is 0 Å². The number of ether oxygens (including phenoxy) is 1. The number of rotatable bonds is 3. The molecule has 1 saturated heterocycles. The smallest absolute Gasteiger partial charge is 0.387 e. The van der Waals surface area contributed by atoms with Crippen molar-refractivity contribution in [3.63, 3.8) is 0 Å². The SMILES string of the molecule is CN1CCN(c2ccc(OC(F)F)c(N)c2)CC1. The molecule has 0 saturated carbocycles. The molecule has 0 aromatic heterocycles. The summed E-state index contributed by atoms with van der Waals surface area (Å²) in [5, 5.41) is 0. The Balaban J connectivity index is 2.08. The minimum Gasteiger partial charge on any atom is -0.433 e. The van der Waals surface area contributed by atoms with Gasteiger partial charge in [-0.15, -0.1) is 0 Å². The molecule has 0 radical (unpaired) electrons. The highest BCUT2D eigenvalue weighted by atomic mass is 19.3. The van der Waals surface area contributed by atoms with E-state index in [0.717, 1.165) is 31.9 Å². The van der Waals surface area contributed by atoms with E-state index in [4.69, 9.17) is 5.73 Å². The van der Waals surface area contributed by atoms with Crippen LogP contribution in [0.3, 0.4) is 0 Å². The summed E-state index contributed by atoms with van der Waals surface area (Å²) in [6, 6.07) is 4.94. The highest BCUT2D eigenvalue weighted by Gasteiger charge is 2.16. The maximum atomic E-state index is 12.1. The van der Waals surface area contributed by atoms with E-state index in [2.05, 4.69) is 21.6 Å². The third kappa shape index (κ3) is 3.01. The predicted octanol–water partition coefficient (Wildman–Crippen LogP) is 1.62. The maximum Gasteiger partial charge on any atom is 0.387 e. The summed E-state index contributed by atoms with van der Waals surface area (Å²) < 4.78 is 28.5. The number of nitrogen functional groups attached to an aromatic ring is 1. The van der Waals surface area contributed by atoms with Crippen LogP contribution in [0.5, 0.6) is 5.75 Å². The van der Waals surface area contributed by atoms with Crippen molar-refractivity contribution in [2.45, 2.75) is 6.61 Å². The fraction of sp³-hybridized carbons (Fsp3) is 0.500. The molecule has 18 heavy (non-hydrogen) atoms. The lowest BCUT2D eigenvalue weighted by Gasteiger charge is -2.34. The van der Waals surface area contributed by atoms with E-state index in [9.17, 15) is 8.78 Å². The third-order valence-corrected chi connectivity index (χ3v) is 3.08. The van der Waals surface area contributed by atoms with Crippen LogP contribution in [-0.2, 0) is 0 Å². The van der Waals surface area contributed by atoms with Crippen LogP contribution in [0.1, 0.15) is 0 Å². The zero-order chi connectivity index (χ0) is 13.1. The van der Waals surface area contributed by atoms with E-state index < -0.39 is 6.61 Å². The molecule has 6 heteroatoms. The fourth-order valence-electron chi connectivity index (χ4n) is 2.00. The molecule has 0 aliphatic carbocycles. The topological polar surface area (TPSA) is 41.7 Å². The number of anilines is 2. The van der Waals surface area contributed by atoms with E-state index in [-0.39, 0.29) is 11.4 Å². The number of piperazine rings is 1. The molecular weight excluding hydrogens is 240 g/mol. The van der Waals surface area contributed by atoms with E-state index >= 15 is 0 Å². The van der Waals surface area contributed by atoms with Crippen molar-refractivity contribution in [1.82, 2.24) is 4.90 Å². The fourth-order valence-corrected chi connectivity index (χ4v) is 2.00. The van der Waals surface area contributed by atoms with Gasteiger partial charge in [-0.2, -0.15) is 8.78 Å². The maximum absolute atomic E-state index is 12.1. The van der Waals surface area contributed by atoms with Gasteiger partial charge in [-0.3, -0.25) is 0 Å². The molecule has 2 N–H and O–H groups in total. The van der Waals surface area contributed by atoms with E-state index in [0.29, 0.717) is 0 Å². The minimum absolute atomic E-state index is 0.0304.